The molecule has 1 aromatic heterocycles. The van der Waals surface area contributed by atoms with Crippen LogP contribution in [0.25, 0.3) is 0 Å². The minimum Gasteiger partial charge on any atom is -0.421 e. The highest BCUT2D eigenvalue weighted by Gasteiger charge is 2.07. The van der Waals surface area contributed by atoms with Gasteiger partial charge < -0.3 is 10.5 Å². The maximum atomic E-state index is 13.6. The smallest absolute Gasteiger partial charge is 0.321 e. The number of aromatic nitrogens is 2. The normalized spacial score (nSPS) is 10.3. The molecule has 1 heterocycles. The first-order chi connectivity index (χ1) is 8.19. The van der Waals surface area contributed by atoms with Gasteiger partial charge in [-0.05, 0) is 30.2 Å². The molecule has 5 heteroatoms. The SMILES string of the molecule is Cc1cnc(Oc2ccc(CN)cc2F)nc1. The second kappa shape index (κ2) is 4.88. The second-order valence-electron chi connectivity index (χ2n) is 3.61. The van der Waals surface area contributed by atoms with Crippen molar-refractivity contribution in [3.8, 4) is 11.8 Å². The van der Waals surface area contributed by atoms with Crippen LogP contribution in [0, 0.1) is 12.7 Å². The molecule has 0 saturated carbocycles. The van der Waals surface area contributed by atoms with E-state index in [1.54, 1.807) is 18.5 Å². The molecule has 4 nitrogen and oxygen atoms in total. The first-order valence-electron chi connectivity index (χ1n) is 5.14. The van der Waals surface area contributed by atoms with Crippen molar-refractivity contribution < 1.29 is 9.13 Å². The fourth-order valence-electron chi connectivity index (χ4n) is 1.29. The van der Waals surface area contributed by atoms with Crippen LogP contribution in [0.15, 0.2) is 30.6 Å². The van der Waals surface area contributed by atoms with Crippen molar-refractivity contribution in [3.63, 3.8) is 0 Å². The molecule has 0 fully saturated rings. The summed E-state index contributed by atoms with van der Waals surface area (Å²) < 4.78 is 18.8. The number of rotatable bonds is 3. The van der Waals surface area contributed by atoms with Gasteiger partial charge in [-0.25, -0.2) is 14.4 Å². The van der Waals surface area contributed by atoms with E-state index in [2.05, 4.69) is 9.97 Å². The van der Waals surface area contributed by atoms with Crippen molar-refractivity contribution >= 4 is 0 Å². The number of aryl methyl sites for hydroxylation is 1. The Morgan fingerprint density at radius 1 is 1.29 bits per heavy atom. The Labute approximate surface area is 98.3 Å². The van der Waals surface area contributed by atoms with E-state index in [-0.39, 0.29) is 18.3 Å². The van der Waals surface area contributed by atoms with E-state index in [9.17, 15) is 4.39 Å². The minimum atomic E-state index is -0.475. The molecule has 88 valence electrons. The molecule has 2 rings (SSSR count). The van der Waals surface area contributed by atoms with Crippen molar-refractivity contribution in [2.45, 2.75) is 13.5 Å². The maximum Gasteiger partial charge on any atom is 0.321 e. The summed E-state index contributed by atoms with van der Waals surface area (Å²) in [7, 11) is 0. The molecule has 0 unspecified atom stereocenters. The Morgan fingerprint density at radius 3 is 2.59 bits per heavy atom. The summed E-state index contributed by atoms with van der Waals surface area (Å²) >= 11 is 0. The van der Waals surface area contributed by atoms with Crippen LogP contribution in [0.2, 0.25) is 0 Å². The quantitative estimate of drug-likeness (QED) is 0.882. The molecular weight excluding hydrogens is 221 g/mol. The minimum absolute atomic E-state index is 0.0889. The van der Waals surface area contributed by atoms with Crippen molar-refractivity contribution in [2.75, 3.05) is 0 Å². The van der Waals surface area contributed by atoms with Gasteiger partial charge in [0.25, 0.3) is 0 Å². The summed E-state index contributed by atoms with van der Waals surface area (Å²) in [6.07, 6.45) is 3.21. The highest BCUT2D eigenvalue weighted by atomic mass is 19.1. The van der Waals surface area contributed by atoms with Gasteiger partial charge in [0.05, 0.1) is 0 Å². The molecule has 0 aliphatic carbocycles. The van der Waals surface area contributed by atoms with E-state index in [0.717, 1.165) is 5.56 Å². The van der Waals surface area contributed by atoms with Crippen molar-refractivity contribution in [1.82, 2.24) is 9.97 Å². The van der Waals surface area contributed by atoms with Gasteiger partial charge in [0.1, 0.15) is 0 Å². The summed E-state index contributed by atoms with van der Waals surface area (Å²) in [5.74, 6) is -0.386. The first-order valence-corrected chi connectivity index (χ1v) is 5.14. The highest BCUT2D eigenvalue weighted by Crippen LogP contribution is 2.22. The van der Waals surface area contributed by atoms with Gasteiger partial charge in [0.2, 0.25) is 0 Å². The van der Waals surface area contributed by atoms with Crippen LogP contribution in [0.3, 0.4) is 0 Å². The van der Waals surface area contributed by atoms with E-state index >= 15 is 0 Å². The number of halogens is 1. The molecule has 0 spiro atoms. The monoisotopic (exact) mass is 233 g/mol. The highest BCUT2D eigenvalue weighted by molar-refractivity contribution is 5.31. The molecule has 0 aliphatic heterocycles. The third-order valence-electron chi connectivity index (χ3n) is 2.19. The molecule has 0 atom stereocenters. The first kappa shape index (κ1) is 11.5. The zero-order chi connectivity index (χ0) is 12.3. The molecule has 0 amide bonds. The average Bonchev–Trinajstić information content (AvgIpc) is 2.34. The van der Waals surface area contributed by atoms with Gasteiger partial charge in [-0.1, -0.05) is 6.07 Å². The number of hydrogen-bond donors (Lipinski definition) is 1. The summed E-state index contributed by atoms with van der Waals surface area (Å²) in [6.45, 7) is 2.15. The second-order valence-corrected chi connectivity index (χ2v) is 3.61. The summed E-state index contributed by atoms with van der Waals surface area (Å²) in [5, 5.41) is 0. The number of nitrogens with two attached hydrogens (primary N) is 1. The van der Waals surface area contributed by atoms with Crippen LogP contribution < -0.4 is 10.5 Å². The van der Waals surface area contributed by atoms with Gasteiger partial charge in [-0.15, -0.1) is 0 Å². The van der Waals surface area contributed by atoms with Crippen LogP contribution in [0.5, 0.6) is 11.8 Å². The number of benzene rings is 1. The van der Waals surface area contributed by atoms with Crippen molar-refractivity contribution in [2.24, 2.45) is 5.73 Å². The van der Waals surface area contributed by atoms with Gasteiger partial charge in [0, 0.05) is 18.9 Å². The Balaban J connectivity index is 2.21. The maximum absolute atomic E-state index is 13.6. The third-order valence-corrected chi connectivity index (χ3v) is 2.19. The molecule has 1 aromatic carbocycles. The van der Waals surface area contributed by atoms with Crippen molar-refractivity contribution in [3.05, 3.63) is 47.5 Å². The standard InChI is InChI=1S/C12H12FN3O/c1-8-6-15-12(16-7-8)17-11-3-2-9(5-14)4-10(11)13/h2-4,6-7H,5,14H2,1H3. The molecular formula is C12H12FN3O. The van der Waals surface area contributed by atoms with Crippen LogP contribution in [-0.2, 0) is 6.54 Å². The Hall–Kier alpha value is -2.01. The molecule has 2 N–H and O–H groups in total. The van der Waals surface area contributed by atoms with E-state index in [0.29, 0.717) is 5.56 Å². The molecule has 0 saturated heterocycles. The molecule has 0 radical (unpaired) electrons. The van der Waals surface area contributed by atoms with Gasteiger partial charge >= 0.3 is 6.01 Å². The van der Waals surface area contributed by atoms with Gasteiger partial charge in [0.15, 0.2) is 11.6 Å². The lowest BCUT2D eigenvalue weighted by molar-refractivity contribution is 0.410. The lowest BCUT2D eigenvalue weighted by Crippen LogP contribution is -1.98. The van der Waals surface area contributed by atoms with Gasteiger partial charge in [-0.3, -0.25) is 0 Å². The lowest BCUT2D eigenvalue weighted by Gasteiger charge is -2.05. The molecule has 17 heavy (non-hydrogen) atoms. The summed E-state index contributed by atoms with van der Waals surface area (Å²) in [4.78, 5) is 7.87. The summed E-state index contributed by atoms with van der Waals surface area (Å²) in [6, 6.07) is 4.67. The predicted octanol–water partition coefficient (Wildman–Crippen LogP) is 2.18. The number of nitrogens with zero attached hydrogens (tertiary/aromatic N) is 2. The van der Waals surface area contributed by atoms with E-state index in [4.69, 9.17) is 10.5 Å². The average molecular weight is 233 g/mol. The lowest BCUT2D eigenvalue weighted by atomic mass is 10.2. The van der Waals surface area contributed by atoms with Crippen LogP contribution in [-0.4, -0.2) is 9.97 Å². The van der Waals surface area contributed by atoms with E-state index in [1.165, 1.54) is 12.1 Å². The van der Waals surface area contributed by atoms with Crippen LogP contribution >= 0.6 is 0 Å². The zero-order valence-corrected chi connectivity index (χ0v) is 9.35. The fraction of sp³-hybridized carbons (Fsp3) is 0.167. The fourth-order valence-corrected chi connectivity index (χ4v) is 1.29. The number of ether oxygens (including phenoxy) is 1. The zero-order valence-electron chi connectivity index (χ0n) is 9.35. The Morgan fingerprint density at radius 2 is 2.00 bits per heavy atom. The third kappa shape index (κ3) is 2.76. The Bertz CT molecular complexity index is 514. The predicted molar refractivity (Wildman–Crippen MR) is 61.1 cm³/mol. The van der Waals surface area contributed by atoms with Crippen molar-refractivity contribution in [1.29, 1.82) is 0 Å². The molecule has 0 aliphatic rings. The van der Waals surface area contributed by atoms with Crippen LogP contribution in [0.4, 0.5) is 4.39 Å². The molecule has 2 aromatic rings. The summed E-state index contributed by atoms with van der Waals surface area (Å²) in [5.41, 5.74) is 7.03. The van der Waals surface area contributed by atoms with E-state index < -0.39 is 5.82 Å². The van der Waals surface area contributed by atoms with Gasteiger partial charge in [-0.2, -0.15) is 0 Å². The van der Waals surface area contributed by atoms with Crippen LogP contribution in [0.1, 0.15) is 11.1 Å². The Kier molecular flexibility index (Phi) is 3.30. The van der Waals surface area contributed by atoms with E-state index in [1.807, 2.05) is 6.92 Å². The molecule has 0 bridgehead atoms. The number of hydrogen-bond acceptors (Lipinski definition) is 4. The largest absolute Gasteiger partial charge is 0.421 e. The topological polar surface area (TPSA) is 61.0 Å².